The van der Waals surface area contributed by atoms with E-state index in [4.69, 9.17) is 0 Å². The van der Waals surface area contributed by atoms with Crippen molar-refractivity contribution in [1.29, 1.82) is 0 Å². The Labute approximate surface area is 125 Å². The summed E-state index contributed by atoms with van der Waals surface area (Å²) in [7, 11) is 0. The molecule has 106 valence electrons. The van der Waals surface area contributed by atoms with Crippen LogP contribution < -0.4 is 4.74 Å². The molecule has 0 fully saturated rings. The summed E-state index contributed by atoms with van der Waals surface area (Å²) in [5.41, 5.74) is 3.10. The van der Waals surface area contributed by atoms with Crippen LogP contribution in [0, 0.1) is 6.92 Å². The molecule has 2 aromatic rings. The maximum atomic E-state index is 12.4. The van der Waals surface area contributed by atoms with Crippen LogP contribution in [0.25, 0.3) is 0 Å². The Bertz CT molecular complexity index is 572. The molecule has 0 aromatic heterocycles. The number of aryl methyl sites for hydroxylation is 1. The van der Waals surface area contributed by atoms with Gasteiger partial charge in [-0.2, -0.15) is 8.78 Å². The van der Waals surface area contributed by atoms with Crippen LogP contribution in [0.4, 0.5) is 8.78 Å². The molecule has 4 heteroatoms. The molecule has 0 aliphatic heterocycles. The third-order valence-electron chi connectivity index (χ3n) is 3.13. The highest BCUT2D eigenvalue weighted by molar-refractivity contribution is 9.09. The molecule has 1 atom stereocenters. The average Bonchev–Trinajstić information content (AvgIpc) is 2.41. The van der Waals surface area contributed by atoms with Crippen molar-refractivity contribution in [2.45, 2.75) is 24.8 Å². The minimum absolute atomic E-state index is 0.0708. The van der Waals surface area contributed by atoms with Crippen LogP contribution in [0.1, 0.15) is 21.5 Å². The van der Waals surface area contributed by atoms with E-state index in [1.165, 1.54) is 11.1 Å². The summed E-state index contributed by atoms with van der Waals surface area (Å²) in [6.07, 6.45) is 0.719. The topological polar surface area (TPSA) is 9.23 Å². The van der Waals surface area contributed by atoms with Crippen LogP contribution in [0.3, 0.4) is 0 Å². The van der Waals surface area contributed by atoms with Crippen molar-refractivity contribution in [2.75, 3.05) is 0 Å². The standard InChI is InChI=1S/C16H15BrF2O/c1-11-6-2-3-7-12(11)10-14(17)13-8-4-5-9-15(13)20-16(18)19/h2-9,14,16H,10H2,1H3. The summed E-state index contributed by atoms with van der Waals surface area (Å²) in [5.74, 6) is 0.220. The Morgan fingerprint density at radius 2 is 1.70 bits per heavy atom. The lowest BCUT2D eigenvalue weighted by molar-refractivity contribution is -0.0504. The van der Waals surface area contributed by atoms with E-state index in [1.807, 2.05) is 37.3 Å². The minimum Gasteiger partial charge on any atom is -0.435 e. The van der Waals surface area contributed by atoms with Gasteiger partial charge in [0.1, 0.15) is 5.75 Å². The maximum Gasteiger partial charge on any atom is 0.387 e. The maximum absolute atomic E-state index is 12.4. The molecule has 0 bridgehead atoms. The number of hydrogen-bond acceptors (Lipinski definition) is 1. The molecule has 0 saturated carbocycles. The quantitative estimate of drug-likeness (QED) is 0.673. The van der Waals surface area contributed by atoms with Gasteiger partial charge in [-0.3, -0.25) is 0 Å². The lowest BCUT2D eigenvalue weighted by atomic mass is 10.00. The zero-order valence-corrected chi connectivity index (χ0v) is 12.6. The predicted octanol–water partition coefficient (Wildman–Crippen LogP) is 5.28. The van der Waals surface area contributed by atoms with E-state index in [2.05, 4.69) is 20.7 Å². The molecule has 0 N–H and O–H groups in total. The van der Waals surface area contributed by atoms with E-state index in [0.717, 1.165) is 12.0 Å². The molecule has 2 aromatic carbocycles. The molecular weight excluding hydrogens is 326 g/mol. The summed E-state index contributed by atoms with van der Waals surface area (Å²) < 4.78 is 29.4. The molecule has 20 heavy (non-hydrogen) atoms. The lowest BCUT2D eigenvalue weighted by Crippen LogP contribution is -2.06. The van der Waals surface area contributed by atoms with E-state index in [9.17, 15) is 8.78 Å². The molecular formula is C16H15BrF2O. The fraction of sp³-hybridized carbons (Fsp3) is 0.250. The summed E-state index contributed by atoms with van der Waals surface area (Å²) in [4.78, 5) is -0.0708. The number of halogens is 3. The summed E-state index contributed by atoms with van der Waals surface area (Å²) in [5, 5.41) is 0. The molecule has 1 unspecified atom stereocenters. The van der Waals surface area contributed by atoms with Gasteiger partial charge in [0.25, 0.3) is 0 Å². The van der Waals surface area contributed by atoms with Crippen molar-refractivity contribution in [2.24, 2.45) is 0 Å². The van der Waals surface area contributed by atoms with Crippen LogP contribution in [-0.2, 0) is 6.42 Å². The van der Waals surface area contributed by atoms with E-state index in [-0.39, 0.29) is 10.6 Å². The summed E-state index contributed by atoms with van der Waals surface area (Å²) in [6, 6.07) is 14.9. The van der Waals surface area contributed by atoms with Crippen LogP contribution in [0.2, 0.25) is 0 Å². The van der Waals surface area contributed by atoms with Crippen molar-refractivity contribution in [1.82, 2.24) is 0 Å². The normalized spacial score (nSPS) is 12.4. The van der Waals surface area contributed by atoms with E-state index in [1.54, 1.807) is 18.2 Å². The Hall–Kier alpha value is -1.42. The zero-order chi connectivity index (χ0) is 14.5. The minimum atomic E-state index is -2.81. The molecule has 2 rings (SSSR count). The molecule has 0 heterocycles. The van der Waals surface area contributed by atoms with Gasteiger partial charge in [-0.05, 0) is 30.5 Å². The first-order valence-corrected chi connectivity index (χ1v) is 7.22. The molecule has 0 aliphatic carbocycles. The van der Waals surface area contributed by atoms with Crippen molar-refractivity contribution >= 4 is 15.9 Å². The number of hydrogen-bond donors (Lipinski definition) is 0. The zero-order valence-electron chi connectivity index (χ0n) is 11.0. The Balaban J connectivity index is 2.21. The highest BCUT2D eigenvalue weighted by atomic mass is 79.9. The van der Waals surface area contributed by atoms with Crippen molar-refractivity contribution in [3.8, 4) is 5.75 Å². The van der Waals surface area contributed by atoms with Crippen molar-refractivity contribution < 1.29 is 13.5 Å². The molecule has 0 spiro atoms. The van der Waals surface area contributed by atoms with E-state index >= 15 is 0 Å². The highest BCUT2D eigenvalue weighted by Crippen LogP contribution is 2.34. The van der Waals surface area contributed by atoms with Crippen molar-refractivity contribution in [3.63, 3.8) is 0 Å². The van der Waals surface area contributed by atoms with Gasteiger partial charge in [-0.15, -0.1) is 0 Å². The second-order valence-electron chi connectivity index (χ2n) is 4.51. The SMILES string of the molecule is Cc1ccccc1CC(Br)c1ccccc1OC(F)F. The van der Waals surface area contributed by atoms with E-state index in [0.29, 0.717) is 0 Å². The molecule has 0 radical (unpaired) electrons. The van der Waals surface area contributed by atoms with Crippen molar-refractivity contribution in [3.05, 3.63) is 65.2 Å². The largest absolute Gasteiger partial charge is 0.435 e. The van der Waals surface area contributed by atoms with Gasteiger partial charge in [0.15, 0.2) is 0 Å². The summed E-state index contributed by atoms with van der Waals surface area (Å²) >= 11 is 3.57. The Morgan fingerprint density at radius 3 is 2.40 bits per heavy atom. The fourth-order valence-electron chi connectivity index (χ4n) is 2.08. The first-order chi connectivity index (χ1) is 9.58. The monoisotopic (exact) mass is 340 g/mol. The molecule has 0 aliphatic rings. The van der Waals surface area contributed by atoms with Gasteiger partial charge in [-0.1, -0.05) is 58.4 Å². The number of rotatable bonds is 5. The van der Waals surface area contributed by atoms with Gasteiger partial charge in [0, 0.05) is 10.4 Å². The van der Waals surface area contributed by atoms with Crippen LogP contribution in [-0.4, -0.2) is 6.61 Å². The fourth-order valence-corrected chi connectivity index (χ4v) is 2.81. The van der Waals surface area contributed by atoms with Crippen LogP contribution in [0.5, 0.6) is 5.75 Å². The second kappa shape index (κ2) is 6.84. The van der Waals surface area contributed by atoms with Gasteiger partial charge >= 0.3 is 6.61 Å². The summed E-state index contributed by atoms with van der Waals surface area (Å²) in [6.45, 7) is -0.773. The van der Waals surface area contributed by atoms with Gasteiger partial charge in [0.2, 0.25) is 0 Å². The third kappa shape index (κ3) is 3.79. The number of alkyl halides is 3. The third-order valence-corrected chi connectivity index (χ3v) is 3.95. The highest BCUT2D eigenvalue weighted by Gasteiger charge is 2.16. The Kier molecular flexibility index (Phi) is 5.12. The lowest BCUT2D eigenvalue weighted by Gasteiger charge is -2.16. The van der Waals surface area contributed by atoms with Crippen LogP contribution >= 0.6 is 15.9 Å². The smallest absolute Gasteiger partial charge is 0.387 e. The Morgan fingerprint density at radius 1 is 1.05 bits per heavy atom. The molecule has 0 amide bonds. The molecule has 0 saturated heterocycles. The average molecular weight is 341 g/mol. The number of ether oxygens (including phenoxy) is 1. The predicted molar refractivity (Wildman–Crippen MR) is 79.6 cm³/mol. The molecule has 1 nitrogen and oxygen atoms in total. The number of para-hydroxylation sites is 1. The van der Waals surface area contributed by atoms with E-state index < -0.39 is 6.61 Å². The number of benzene rings is 2. The van der Waals surface area contributed by atoms with Gasteiger partial charge < -0.3 is 4.74 Å². The van der Waals surface area contributed by atoms with Gasteiger partial charge in [-0.25, -0.2) is 0 Å². The second-order valence-corrected chi connectivity index (χ2v) is 5.62. The first-order valence-electron chi connectivity index (χ1n) is 6.30. The van der Waals surface area contributed by atoms with Gasteiger partial charge in [0.05, 0.1) is 0 Å². The van der Waals surface area contributed by atoms with Crippen LogP contribution in [0.15, 0.2) is 48.5 Å². The first kappa shape index (κ1) is 15.0.